The Morgan fingerprint density at radius 1 is 1.05 bits per heavy atom. The van der Waals surface area contributed by atoms with E-state index >= 15 is 0 Å². The van der Waals surface area contributed by atoms with Crippen LogP contribution >= 0.6 is 12.4 Å². The van der Waals surface area contributed by atoms with Crippen molar-refractivity contribution in [3.05, 3.63) is 36.0 Å². The fourth-order valence-corrected chi connectivity index (χ4v) is 6.19. The highest BCUT2D eigenvalue weighted by Gasteiger charge is 2.41. The van der Waals surface area contributed by atoms with Gasteiger partial charge >= 0.3 is 6.03 Å². The van der Waals surface area contributed by atoms with Crippen molar-refractivity contribution in [1.82, 2.24) is 25.0 Å². The molecule has 0 spiro atoms. The van der Waals surface area contributed by atoms with Crippen LogP contribution in [0.25, 0.3) is 10.8 Å². The molecular formula is C29H41ClN6O3. The maximum Gasteiger partial charge on any atom is 0.320 e. The summed E-state index contributed by atoms with van der Waals surface area (Å²) in [6.45, 7) is 2.42. The summed E-state index contributed by atoms with van der Waals surface area (Å²) in [6, 6.07) is 6.65. The van der Waals surface area contributed by atoms with E-state index in [1.54, 1.807) is 23.0 Å². The number of rotatable bonds is 7. The Kier molecular flexibility index (Phi) is 9.53. The third kappa shape index (κ3) is 6.40. The van der Waals surface area contributed by atoms with Gasteiger partial charge in [-0.1, -0.05) is 44.2 Å². The van der Waals surface area contributed by atoms with Crippen LogP contribution in [0.15, 0.2) is 30.5 Å². The van der Waals surface area contributed by atoms with Crippen molar-refractivity contribution in [2.75, 3.05) is 32.4 Å². The standard InChI is InChI=1S/C29H40N6O3.ClH/c1-33(29(38)34-14-6-15-34)25(18-20-7-3-2-4-8-20)28(37)35-16-5-9-24(35)27(36)32-19-21-10-11-23-22(17-21)12-13-31-26(23)30;/h10-13,17,20,24-25H,2-9,14-16,18-19H2,1H3,(H2,30,31)(H,32,36);1H. The highest BCUT2D eigenvalue weighted by molar-refractivity contribution is 5.93. The highest BCUT2D eigenvalue weighted by Crippen LogP contribution is 2.31. The van der Waals surface area contributed by atoms with Crippen LogP contribution in [0, 0.1) is 5.92 Å². The van der Waals surface area contributed by atoms with Crippen LogP contribution in [0.1, 0.15) is 63.4 Å². The predicted octanol–water partition coefficient (Wildman–Crippen LogP) is 3.94. The fourth-order valence-electron chi connectivity index (χ4n) is 6.19. The summed E-state index contributed by atoms with van der Waals surface area (Å²) in [5.41, 5.74) is 6.92. The number of amides is 4. The van der Waals surface area contributed by atoms with E-state index in [0.717, 1.165) is 55.1 Å². The number of carbonyl (C=O) groups is 3. The second-order valence-electron chi connectivity index (χ2n) is 11.1. The van der Waals surface area contributed by atoms with Crippen molar-refractivity contribution >= 4 is 46.8 Å². The highest BCUT2D eigenvalue weighted by atomic mass is 35.5. The summed E-state index contributed by atoms with van der Waals surface area (Å²) in [5.74, 6) is 0.700. The number of urea groups is 1. The number of nitrogens with two attached hydrogens (primary N) is 1. The number of halogens is 1. The molecule has 3 fully saturated rings. The molecule has 39 heavy (non-hydrogen) atoms. The number of hydrogen-bond donors (Lipinski definition) is 2. The number of likely N-dealkylation sites (tertiary alicyclic amines) is 2. The van der Waals surface area contributed by atoms with Gasteiger partial charge in [0, 0.05) is 44.8 Å². The molecule has 0 bridgehead atoms. The van der Waals surface area contributed by atoms with Crippen LogP contribution in [-0.2, 0) is 16.1 Å². The number of likely N-dealkylation sites (N-methyl/N-ethyl adjacent to an activating group) is 1. The van der Waals surface area contributed by atoms with Gasteiger partial charge in [-0.15, -0.1) is 12.4 Å². The molecule has 3 aliphatic rings. The van der Waals surface area contributed by atoms with E-state index in [4.69, 9.17) is 5.73 Å². The summed E-state index contributed by atoms with van der Waals surface area (Å²) >= 11 is 0. The minimum Gasteiger partial charge on any atom is -0.383 e. The lowest BCUT2D eigenvalue weighted by atomic mass is 9.84. The number of benzene rings is 1. The predicted molar refractivity (Wildman–Crippen MR) is 154 cm³/mol. The average molecular weight is 557 g/mol. The number of nitrogens with one attached hydrogen (secondary N) is 1. The molecule has 9 nitrogen and oxygen atoms in total. The van der Waals surface area contributed by atoms with Gasteiger partial charge in [0.15, 0.2) is 0 Å². The molecule has 1 aliphatic carbocycles. The maximum absolute atomic E-state index is 14.0. The Balaban J connectivity index is 0.00000353. The summed E-state index contributed by atoms with van der Waals surface area (Å²) < 4.78 is 0. The molecular weight excluding hydrogens is 516 g/mol. The number of hydrogen-bond acceptors (Lipinski definition) is 5. The minimum atomic E-state index is -0.529. The van der Waals surface area contributed by atoms with E-state index < -0.39 is 12.1 Å². The molecule has 2 unspecified atom stereocenters. The third-order valence-electron chi connectivity index (χ3n) is 8.63. The Morgan fingerprint density at radius 2 is 1.82 bits per heavy atom. The zero-order chi connectivity index (χ0) is 26.6. The molecule has 5 rings (SSSR count). The Bertz CT molecular complexity index is 1180. The zero-order valence-electron chi connectivity index (χ0n) is 22.8. The first-order chi connectivity index (χ1) is 18.4. The lowest BCUT2D eigenvalue weighted by molar-refractivity contribution is -0.142. The van der Waals surface area contributed by atoms with Crippen molar-refractivity contribution in [2.24, 2.45) is 5.92 Å². The van der Waals surface area contributed by atoms with E-state index in [1.807, 2.05) is 29.2 Å². The molecule has 1 aromatic carbocycles. The van der Waals surface area contributed by atoms with Crippen molar-refractivity contribution < 1.29 is 14.4 Å². The molecule has 2 aliphatic heterocycles. The summed E-state index contributed by atoms with van der Waals surface area (Å²) in [5, 5.41) is 4.91. The van der Waals surface area contributed by atoms with E-state index in [9.17, 15) is 14.4 Å². The number of carbonyl (C=O) groups excluding carboxylic acids is 3. The van der Waals surface area contributed by atoms with Crippen molar-refractivity contribution in [1.29, 1.82) is 0 Å². The third-order valence-corrected chi connectivity index (χ3v) is 8.63. The number of pyridine rings is 1. The Morgan fingerprint density at radius 3 is 2.54 bits per heavy atom. The summed E-state index contributed by atoms with van der Waals surface area (Å²) in [4.78, 5) is 49.7. The first-order valence-corrected chi connectivity index (χ1v) is 14.2. The Hall–Kier alpha value is -3.07. The number of nitrogens with zero attached hydrogens (tertiary/aromatic N) is 4. The molecule has 3 heterocycles. The first kappa shape index (κ1) is 28.9. The van der Waals surface area contributed by atoms with Gasteiger partial charge in [-0.05, 0) is 54.7 Å². The monoisotopic (exact) mass is 556 g/mol. The number of fused-ring (bicyclic) bond motifs is 1. The number of anilines is 1. The van der Waals surface area contributed by atoms with Crippen LogP contribution in [0.4, 0.5) is 10.6 Å². The van der Waals surface area contributed by atoms with Crippen molar-refractivity contribution in [3.8, 4) is 0 Å². The lowest BCUT2D eigenvalue weighted by Gasteiger charge is -2.40. The van der Waals surface area contributed by atoms with Gasteiger partial charge in [-0.25, -0.2) is 9.78 Å². The summed E-state index contributed by atoms with van der Waals surface area (Å²) in [7, 11) is 1.76. The second kappa shape index (κ2) is 12.9. The van der Waals surface area contributed by atoms with Gasteiger partial charge in [0.25, 0.3) is 0 Å². The molecule has 2 saturated heterocycles. The van der Waals surface area contributed by atoms with Crippen LogP contribution < -0.4 is 11.1 Å². The number of nitrogen functional groups attached to an aromatic ring is 1. The quantitative estimate of drug-likeness (QED) is 0.536. The van der Waals surface area contributed by atoms with E-state index in [-0.39, 0.29) is 30.3 Å². The van der Waals surface area contributed by atoms with Gasteiger partial charge in [-0.2, -0.15) is 0 Å². The van der Waals surface area contributed by atoms with Gasteiger partial charge in [-0.3, -0.25) is 9.59 Å². The SMILES string of the molecule is CN(C(=O)N1CCC1)C(CC1CCCCC1)C(=O)N1CCCC1C(=O)NCc1ccc2c(N)nccc2c1.Cl. The normalized spacial score (nSPS) is 20.2. The second-order valence-corrected chi connectivity index (χ2v) is 11.1. The first-order valence-electron chi connectivity index (χ1n) is 14.2. The van der Waals surface area contributed by atoms with Crippen molar-refractivity contribution in [2.45, 2.75) is 76.4 Å². The maximum atomic E-state index is 14.0. The fraction of sp³-hybridized carbons (Fsp3) is 0.586. The smallest absolute Gasteiger partial charge is 0.320 e. The molecule has 1 aromatic heterocycles. The van der Waals surface area contributed by atoms with E-state index in [0.29, 0.717) is 37.7 Å². The zero-order valence-corrected chi connectivity index (χ0v) is 23.6. The minimum absolute atomic E-state index is 0. The molecule has 1 saturated carbocycles. The molecule has 0 radical (unpaired) electrons. The van der Waals surface area contributed by atoms with Gasteiger partial charge in [0.05, 0.1) is 0 Å². The van der Waals surface area contributed by atoms with Crippen LogP contribution in [0.2, 0.25) is 0 Å². The topological polar surface area (TPSA) is 112 Å². The molecule has 212 valence electrons. The van der Waals surface area contributed by atoms with Gasteiger partial charge < -0.3 is 25.8 Å². The van der Waals surface area contributed by atoms with Gasteiger partial charge in [0.1, 0.15) is 17.9 Å². The summed E-state index contributed by atoms with van der Waals surface area (Å²) in [6.07, 6.45) is 10.6. The largest absolute Gasteiger partial charge is 0.383 e. The van der Waals surface area contributed by atoms with Crippen LogP contribution in [-0.4, -0.2) is 76.3 Å². The molecule has 10 heteroatoms. The average Bonchev–Trinajstić information content (AvgIpc) is 3.39. The van der Waals surface area contributed by atoms with E-state index in [2.05, 4.69) is 10.3 Å². The molecule has 4 amide bonds. The molecule has 3 N–H and O–H groups in total. The van der Waals surface area contributed by atoms with Crippen LogP contribution in [0.5, 0.6) is 0 Å². The number of aromatic nitrogens is 1. The molecule has 2 atom stereocenters. The van der Waals surface area contributed by atoms with Gasteiger partial charge in [0.2, 0.25) is 11.8 Å². The molecule has 2 aromatic rings. The Labute approximate surface area is 236 Å². The van der Waals surface area contributed by atoms with Crippen LogP contribution in [0.3, 0.4) is 0 Å². The van der Waals surface area contributed by atoms with Crippen molar-refractivity contribution in [3.63, 3.8) is 0 Å². The van der Waals surface area contributed by atoms with E-state index in [1.165, 1.54) is 19.3 Å². The lowest BCUT2D eigenvalue weighted by Crippen LogP contribution is -2.58.